The Balaban J connectivity index is 2.62. The van der Waals surface area contributed by atoms with Crippen LogP contribution in [0.1, 0.15) is 193 Å². The van der Waals surface area contributed by atoms with Crippen LogP contribution < -0.4 is 0 Å². The van der Waals surface area contributed by atoms with E-state index in [-0.39, 0.29) is 0 Å². The van der Waals surface area contributed by atoms with E-state index in [4.69, 9.17) is 4.37 Å². The zero-order valence-corrected chi connectivity index (χ0v) is 29.2. The third-order valence-corrected chi connectivity index (χ3v) is 11.6. The molecule has 3 heteroatoms. The smallest absolute Gasteiger partial charge is 0.0553 e. The molecule has 0 spiro atoms. The molecule has 0 aliphatic rings. The van der Waals surface area contributed by atoms with Gasteiger partial charge in [-0.05, 0) is 66.6 Å². The predicted octanol–water partition coefficient (Wildman–Crippen LogP) is 13.3. The van der Waals surface area contributed by atoms with Crippen molar-refractivity contribution >= 4 is 23.3 Å². The Labute approximate surface area is 255 Å². The molecule has 230 valence electrons. The van der Waals surface area contributed by atoms with Gasteiger partial charge in [0.15, 0.2) is 0 Å². The Morgan fingerprint density at radius 3 is 1.54 bits per heavy atom. The Morgan fingerprint density at radius 2 is 1.05 bits per heavy atom. The molecule has 0 fully saturated rings. The van der Waals surface area contributed by atoms with Crippen molar-refractivity contribution in [3.05, 3.63) is 16.6 Å². The summed E-state index contributed by atoms with van der Waals surface area (Å²) in [5, 5.41) is 0. The average Bonchev–Trinajstić information content (AvgIpc) is 3.41. The number of hydrogen-bond acceptors (Lipinski definition) is 3. The second-order valence-corrected chi connectivity index (χ2v) is 15.2. The third kappa shape index (κ3) is 17.5. The molecule has 0 saturated carbocycles. The summed E-state index contributed by atoms with van der Waals surface area (Å²) in [5.41, 5.74) is 2.21. The van der Waals surface area contributed by atoms with Crippen LogP contribution in [0.25, 0.3) is 0 Å². The van der Waals surface area contributed by atoms with Gasteiger partial charge >= 0.3 is 0 Å². The van der Waals surface area contributed by atoms with E-state index in [0.717, 1.165) is 6.42 Å². The highest BCUT2D eigenvalue weighted by atomic mass is 32.2. The molecular weight excluding hydrogens is 511 g/mol. The molecule has 2 atom stereocenters. The van der Waals surface area contributed by atoms with Gasteiger partial charge in [-0.25, -0.2) is 0 Å². The lowest BCUT2D eigenvalue weighted by Crippen LogP contribution is -2.21. The largest absolute Gasteiger partial charge is 0.197 e. The molecule has 1 nitrogen and oxygen atoms in total. The molecule has 0 aliphatic carbocycles. The summed E-state index contributed by atoms with van der Waals surface area (Å²) >= 11 is 4.04. The summed E-state index contributed by atoms with van der Waals surface area (Å²) in [6.45, 7) is 14.4. The van der Waals surface area contributed by atoms with Crippen LogP contribution in [0, 0.1) is 5.41 Å². The predicted molar refractivity (Wildman–Crippen MR) is 183 cm³/mol. The van der Waals surface area contributed by atoms with Crippen LogP contribution >= 0.6 is 23.3 Å². The van der Waals surface area contributed by atoms with Gasteiger partial charge in [0.1, 0.15) is 0 Å². The zero-order chi connectivity index (χ0) is 28.7. The molecule has 0 saturated heterocycles. The monoisotopic (exact) mass is 579 g/mol. The molecule has 39 heavy (non-hydrogen) atoms. The zero-order valence-electron chi connectivity index (χ0n) is 27.5. The molecular formula is C36H69NS2. The highest BCUT2D eigenvalue weighted by Crippen LogP contribution is 2.39. The quantitative estimate of drug-likeness (QED) is 0.0916. The molecule has 0 radical (unpaired) electrons. The van der Waals surface area contributed by atoms with Crippen LogP contribution in [0.3, 0.4) is 0 Å². The molecule has 2 unspecified atom stereocenters. The first-order valence-corrected chi connectivity index (χ1v) is 19.4. The minimum atomic E-state index is 0.331. The fourth-order valence-electron chi connectivity index (χ4n) is 6.04. The molecule has 1 aromatic heterocycles. The second-order valence-electron chi connectivity index (χ2n) is 13.3. The first-order chi connectivity index (χ1) is 18.9. The lowest BCUT2D eigenvalue weighted by molar-refractivity contribution is 0.290. The number of nitrogens with zero attached hydrogens (tertiary/aromatic N) is 1. The van der Waals surface area contributed by atoms with Crippen LogP contribution in [-0.2, 0) is 11.8 Å². The topological polar surface area (TPSA) is 12.9 Å². The fourth-order valence-corrected chi connectivity index (χ4v) is 8.30. The summed E-state index contributed by atoms with van der Waals surface area (Å²) in [6.07, 6.45) is 31.7. The van der Waals surface area contributed by atoms with Gasteiger partial charge in [-0.3, -0.25) is 0 Å². The second kappa shape index (κ2) is 23.5. The number of unbranched alkanes of at least 4 members (excludes halogenated alkanes) is 14. The van der Waals surface area contributed by atoms with E-state index in [2.05, 4.69) is 59.4 Å². The van der Waals surface area contributed by atoms with Crippen molar-refractivity contribution < 1.29 is 0 Å². The number of aryl methyl sites for hydroxylation is 1. The normalized spacial score (nSPS) is 14.9. The fraction of sp³-hybridized carbons (Fsp3) is 0.917. The first-order valence-electron chi connectivity index (χ1n) is 17.5. The van der Waals surface area contributed by atoms with E-state index in [1.807, 2.05) is 11.5 Å². The van der Waals surface area contributed by atoms with Crippen molar-refractivity contribution in [2.24, 2.45) is 5.41 Å². The standard InChI is InChI=1S/C36H69NS2/c1-7-11-15-19-22-27-35(5,26-21-17-13-9-3)32-38-30-25-33-31-34(39-37-33)36(6,28-23-18-14-10-4)29-24-20-16-12-8-2/h31H,7-30,32H2,1-6H3. The lowest BCUT2D eigenvalue weighted by atomic mass is 9.78. The Morgan fingerprint density at radius 1 is 0.615 bits per heavy atom. The molecule has 0 amide bonds. The highest BCUT2D eigenvalue weighted by molar-refractivity contribution is 7.99. The maximum Gasteiger partial charge on any atom is 0.0553 e. The van der Waals surface area contributed by atoms with Gasteiger partial charge in [0.05, 0.1) is 5.69 Å². The van der Waals surface area contributed by atoms with Crippen LogP contribution in [-0.4, -0.2) is 15.9 Å². The van der Waals surface area contributed by atoms with Crippen LogP contribution in [0.4, 0.5) is 0 Å². The molecule has 1 rings (SSSR count). The van der Waals surface area contributed by atoms with Gasteiger partial charge < -0.3 is 0 Å². The minimum absolute atomic E-state index is 0.331. The molecule has 0 bridgehead atoms. The van der Waals surface area contributed by atoms with Gasteiger partial charge in [0.2, 0.25) is 0 Å². The molecule has 0 aromatic carbocycles. The first kappa shape index (κ1) is 37.0. The number of thioether (sulfide) groups is 1. The van der Waals surface area contributed by atoms with Gasteiger partial charge in [-0.15, -0.1) is 0 Å². The third-order valence-electron chi connectivity index (χ3n) is 9.04. The maximum absolute atomic E-state index is 4.99. The van der Waals surface area contributed by atoms with Crippen LogP contribution in [0.5, 0.6) is 0 Å². The Kier molecular flexibility index (Phi) is 22.3. The average molecular weight is 580 g/mol. The SMILES string of the molecule is CCCCCCCC(C)(CCCCCC)CSCCc1cc(C(C)(CCCCCC)CCCCCCC)sn1. The Hall–Kier alpha value is -0.0200. The van der Waals surface area contributed by atoms with Crippen molar-refractivity contribution in [1.82, 2.24) is 4.37 Å². The van der Waals surface area contributed by atoms with Gasteiger partial charge in [-0.2, -0.15) is 16.1 Å². The van der Waals surface area contributed by atoms with E-state index < -0.39 is 0 Å². The lowest BCUT2D eigenvalue weighted by Gasteiger charge is -2.30. The summed E-state index contributed by atoms with van der Waals surface area (Å²) in [4.78, 5) is 1.57. The maximum atomic E-state index is 4.99. The van der Waals surface area contributed by atoms with Crippen molar-refractivity contribution in [2.75, 3.05) is 11.5 Å². The van der Waals surface area contributed by atoms with E-state index in [1.54, 1.807) is 4.88 Å². The summed E-state index contributed by atoms with van der Waals surface area (Å²) in [5.74, 6) is 2.56. The molecule has 0 N–H and O–H groups in total. The van der Waals surface area contributed by atoms with E-state index in [9.17, 15) is 0 Å². The number of hydrogen-bond donors (Lipinski definition) is 0. The molecule has 1 heterocycles. The van der Waals surface area contributed by atoms with Crippen LogP contribution in [0.2, 0.25) is 0 Å². The Bertz CT molecular complexity index is 671. The molecule has 0 aliphatic heterocycles. The number of aromatic nitrogens is 1. The number of rotatable bonds is 28. The van der Waals surface area contributed by atoms with Gasteiger partial charge in [0, 0.05) is 10.3 Å². The summed E-state index contributed by atoms with van der Waals surface area (Å²) in [6, 6.07) is 2.51. The molecule has 1 aromatic rings. The van der Waals surface area contributed by atoms with E-state index >= 15 is 0 Å². The summed E-state index contributed by atoms with van der Waals surface area (Å²) in [7, 11) is 0. The van der Waals surface area contributed by atoms with Gasteiger partial charge in [-0.1, -0.05) is 157 Å². The minimum Gasteiger partial charge on any atom is -0.197 e. The van der Waals surface area contributed by atoms with Crippen molar-refractivity contribution in [3.63, 3.8) is 0 Å². The van der Waals surface area contributed by atoms with E-state index in [0.29, 0.717) is 10.8 Å². The van der Waals surface area contributed by atoms with Gasteiger partial charge in [0.25, 0.3) is 0 Å². The van der Waals surface area contributed by atoms with Crippen molar-refractivity contribution in [2.45, 2.75) is 195 Å². The van der Waals surface area contributed by atoms with Crippen molar-refractivity contribution in [1.29, 1.82) is 0 Å². The van der Waals surface area contributed by atoms with E-state index in [1.165, 1.54) is 158 Å². The van der Waals surface area contributed by atoms with Crippen LogP contribution in [0.15, 0.2) is 6.07 Å². The highest BCUT2D eigenvalue weighted by Gasteiger charge is 2.28. The summed E-state index contributed by atoms with van der Waals surface area (Å²) < 4.78 is 4.99. The van der Waals surface area contributed by atoms with Crippen molar-refractivity contribution in [3.8, 4) is 0 Å².